The molecule has 2 aromatic heterocycles. The number of halogens is 1. The van der Waals surface area contributed by atoms with E-state index in [2.05, 4.69) is 31.0 Å². The van der Waals surface area contributed by atoms with Gasteiger partial charge in [-0.1, -0.05) is 32.0 Å². The molecule has 0 aliphatic heterocycles. The third-order valence-corrected chi connectivity index (χ3v) is 3.73. The summed E-state index contributed by atoms with van der Waals surface area (Å²) in [5.74, 6) is 2.19. The maximum Gasteiger partial charge on any atom is 0.242 e. The number of benzene rings is 1. The van der Waals surface area contributed by atoms with Crippen LogP contribution in [0.3, 0.4) is 0 Å². The minimum Gasteiger partial charge on any atom is -0.437 e. The Kier molecular flexibility index (Phi) is 3.84. The molecule has 108 valence electrons. The number of ether oxygens (including phenoxy) is 1. The molecular weight excluding hydrogens is 284 g/mol. The maximum absolute atomic E-state index is 6.04. The maximum atomic E-state index is 6.04. The predicted octanol–water partition coefficient (Wildman–Crippen LogP) is 4.99. The lowest BCUT2D eigenvalue weighted by atomic mass is 10.0. The number of hydrogen-bond donors (Lipinski definition) is 0. The molecular formula is C17H17ClN2O. The first-order valence-electron chi connectivity index (χ1n) is 6.99. The molecule has 0 unspecified atom stereocenters. The van der Waals surface area contributed by atoms with E-state index in [-0.39, 0.29) is 0 Å². The lowest BCUT2D eigenvalue weighted by Gasteiger charge is -2.07. The van der Waals surface area contributed by atoms with Gasteiger partial charge in [0.1, 0.15) is 17.1 Å². The molecule has 0 amide bonds. The Hall–Kier alpha value is -2.00. The van der Waals surface area contributed by atoms with Gasteiger partial charge >= 0.3 is 0 Å². The molecule has 2 heterocycles. The molecule has 0 aliphatic carbocycles. The first kappa shape index (κ1) is 14.0. The van der Waals surface area contributed by atoms with Crippen molar-refractivity contribution in [1.29, 1.82) is 0 Å². The largest absolute Gasteiger partial charge is 0.437 e. The summed E-state index contributed by atoms with van der Waals surface area (Å²) in [5.41, 5.74) is 2.98. The highest BCUT2D eigenvalue weighted by molar-refractivity contribution is 6.17. The smallest absolute Gasteiger partial charge is 0.242 e. The fourth-order valence-electron chi connectivity index (χ4n) is 2.26. The van der Waals surface area contributed by atoms with Crippen LogP contribution in [0, 0.1) is 0 Å². The van der Waals surface area contributed by atoms with Gasteiger partial charge in [-0.05, 0) is 35.7 Å². The fraction of sp³-hybridized carbons (Fsp3) is 0.235. The number of hydrogen-bond acceptors (Lipinski definition) is 2. The van der Waals surface area contributed by atoms with E-state index in [9.17, 15) is 0 Å². The average molecular weight is 301 g/mol. The SMILES string of the molecule is CC(C)c1ccc(Oc2nc3ccccn3c2CCl)cc1. The highest BCUT2D eigenvalue weighted by Gasteiger charge is 2.13. The lowest BCUT2D eigenvalue weighted by molar-refractivity contribution is 0.461. The standard InChI is InChI=1S/C17H17ClN2O/c1-12(2)13-6-8-14(9-7-13)21-17-15(11-18)20-10-4-3-5-16(20)19-17/h3-10,12H,11H2,1-2H3. The Labute approximate surface area is 129 Å². The molecule has 0 bridgehead atoms. The number of aromatic nitrogens is 2. The Bertz CT molecular complexity index is 747. The van der Waals surface area contributed by atoms with Gasteiger partial charge in [-0.25, -0.2) is 0 Å². The number of alkyl halides is 1. The molecule has 0 saturated heterocycles. The fourth-order valence-corrected chi connectivity index (χ4v) is 2.50. The summed E-state index contributed by atoms with van der Waals surface area (Å²) in [4.78, 5) is 4.49. The molecule has 21 heavy (non-hydrogen) atoms. The van der Waals surface area contributed by atoms with Crippen molar-refractivity contribution >= 4 is 17.2 Å². The summed E-state index contributed by atoms with van der Waals surface area (Å²) in [6.45, 7) is 4.34. The Morgan fingerprint density at radius 1 is 1.14 bits per heavy atom. The van der Waals surface area contributed by atoms with Crippen LogP contribution in [-0.4, -0.2) is 9.38 Å². The highest BCUT2D eigenvalue weighted by Crippen LogP contribution is 2.28. The molecule has 3 aromatic rings. The van der Waals surface area contributed by atoms with Crippen LogP contribution in [0.1, 0.15) is 31.0 Å². The van der Waals surface area contributed by atoms with Crippen LogP contribution in [0.15, 0.2) is 48.7 Å². The van der Waals surface area contributed by atoms with Crippen LogP contribution in [0.2, 0.25) is 0 Å². The zero-order valence-corrected chi connectivity index (χ0v) is 12.8. The molecule has 3 rings (SSSR count). The van der Waals surface area contributed by atoms with Crippen molar-refractivity contribution in [2.24, 2.45) is 0 Å². The number of nitrogens with zero attached hydrogens (tertiary/aromatic N) is 2. The second kappa shape index (κ2) is 5.78. The van der Waals surface area contributed by atoms with E-state index < -0.39 is 0 Å². The summed E-state index contributed by atoms with van der Waals surface area (Å²) < 4.78 is 7.85. The van der Waals surface area contributed by atoms with E-state index in [0.717, 1.165) is 17.1 Å². The van der Waals surface area contributed by atoms with Crippen molar-refractivity contribution in [2.45, 2.75) is 25.6 Å². The molecule has 0 atom stereocenters. The van der Waals surface area contributed by atoms with Gasteiger partial charge in [0.05, 0.1) is 5.88 Å². The van der Waals surface area contributed by atoms with Gasteiger partial charge in [-0.3, -0.25) is 4.40 Å². The molecule has 1 aromatic carbocycles. The van der Waals surface area contributed by atoms with Gasteiger partial charge in [0.25, 0.3) is 0 Å². The summed E-state index contributed by atoms with van der Waals surface area (Å²) in [6.07, 6.45) is 1.94. The molecule has 0 spiro atoms. The van der Waals surface area contributed by atoms with Crippen molar-refractivity contribution in [3.8, 4) is 11.6 Å². The number of imidazole rings is 1. The van der Waals surface area contributed by atoms with Gasteiger partial charge < -0.3 is 4.74 Å². The molecule has 0 fully saturated rings. The van der Waals surface area contributed by atoms with Gasteiger partial charge in [0.2, 0.25) is 5.88 Å². The summed E-state index contributed by atoms with van der Waals surface area (Å²) in [6, 6.07) is 13.9. The molecule has 0 aliphatic rings. The van der Waals surface area contributed by atoms with Crippen molar-refractivity contribution in [1.82, 2.24) is 9.38 Å². The molecule has 0 saturated carbocycles. The minimum absolute atomic E-state index is 0.352. The van der Waals surface area contributed by atoms with Crippen LogP contribution >= 0.6 is 11.6 Å². The molecule has 4 heteroatoms. The van der Waals surface area contributed by atoms with E-state index >= 15 is 0 Å². The lowest BCUT2D eigenvalue weighted by Crippen LogP contribution is -1.92. The molecule has 3 nitrogen and oxygen atoms in total. The quantitative estimate of drug-likeness (QED) is 0.635. The zero-order chi connectivity index (χ0) is 14.8. The van der Waals surface area contributed by atoms with E-state index in [4.69, 9.17) is 16.3 Å². The Balaban J connectivity index is 1.94. The second-order valence-electron chi connectivity index (χ2n) is 5.25. The highest BCUT2D eigenvalue weighted by atomic mass is 35.5. The van der Waals surface area contributed by atoms with Crippen molar-refractivity contribution < 1.29 is 4.74 Å². The summed E-state index contributed by atoms with van der Waals surface area (Å²) >= 11 is 6.04. The van der Waals surface area contributed by atoms with Crippen LogP contribution < -0.4 is 4.74 Å². The van der Waals surface area contributed by atoms with Crippen LogP contribution in [0.5, 0.6) is 11.6 Å². The molecule has 0 N–H and O–H groups in total. The summed E-state index contributed by atoms with van der Waals surface area (Å²) in [5, 5.41) is 0. The van der Waals surface area contributed by atoms with Gasteiger partial charge in [-0.15, -0.1) is 11.6 Å². The normalized spacial score (nSPS) is 11.2. The van der Waals surface area contributed by atoms with Crippen molar-refractivity contribution in [3.05, 3.63) is 59.9 Å². The first-order chi connectivity index (χ1) is 10.2. The van der Waals surface area contributed by atoms with Gasteiger partial charge in [-0.2, -0.15) is 4.98 Å². The third-order valence-electron chi connectivity index (χ3n) is 3.48. The van der Waals surface area contributed by atoms with E-state index in [1.807, 2.05) is 40.9 Å². The molecule has 0 radical (unpaired) electrons. The average Bonchev–Trinajstić information content (AvgIpc) is 2.84. The Morgan fingerprint density at radius 2 is 1.90 bits per heavy atom. The zero-order valence-electron chi connectivity index (χ0n) is 12.1. The van der Waals surface area contributed by atoms with Gasteiger partial charge in [0, 0.05) is 6.20 Å². The Morgan fingerprint density at radius 3 is 2.57 bits per heavy atom. The van der Waals surface area contributed by atoms with E-state index in [0.29, 0.717) is 17.7 Å². The summed E-state index contributed by atoms with van der Waals surface area (Å²) in [7, 11) is 0. The van der Waals surface area contributed by atoms with Crippen LogP contribution in [-0.2, 0) is 5.88 Å². The number of fused-ring (bicyclic) bond motifs is 1. The number of pyridine rings is 1. The predicted molar refractivity (Wildman–Crippen MR) is 85.4 cm³/mol. The third kappa shape index (κ3) is 2.74. The first-order valence-corrected chi connectivity index (χ1v) is 7.52. The van der Waals surface area contributed by atoms with Gasteiger partial charge in [0.15, 0.2) is 0 Å². The van der Waals surface area contributed by atoms with Crippen molar-refractivity contribution in [3.63, 3.8) is 0 Å². The topological polar surface area (TPSA) is 26.5 Å². The van der Waals surface area contributed by atoms with E-state index in [1.54, 1.807) is 0 Å². The van der Waals surface area contributed by atoms with E-state index in [1.165, 1.54) is 5.56 Å². The van der Waals surface area contributed by atoms with Crippen LogP contribution in [0.25, 0.3) is 5.65 Å². The second-order valence-corrected chi connectivity index (χ2v) is 5.52. The monoisotopic (exact) mass is 300 g/mol. The number of rotatable bonds is 4. The minimum atomic E-state index is 0.352. The van der Waals surface area contributed by atoms with Crippen LogP contribution in [0.4, 0.5) is 0 Å². The van der Waals surface area contributed by atoms with Crippen molar-refractivity contribution in [2.75, 3.05) is 0 Å².